The van der Waals surface area contributed by atoms with Crippen molar-refractivity contribution in [3.05, 3.63) is 42.4 Å². The third-order valence-electron chi connectivity index (χ3n) is 4.68. The number of imidazole rings is 1. The van der Waals surface area contributed by atoms with E-state index in [0.29, 0.717) is 18.3 Å². The molecule has 7 heteroatoms. The second-order valence-corrected chi connectivity index (χ2v) is 8.45. The summed E-state index contributed by atoms with van der Waals surface area (Å²) in [5.74, 6) is 1.02. The Bertz CT molecular complexity index is 782. The van der Waals surface area contributed by atoms with E-state index in [1.165, 1.54) is 9.99 Å². The lowest BCUT2D eigenvalue weighted by Crippen LogP contribution is -2.33. The van der Waals surface area contributed by atoms with Crippen molar-refractivity contribution in [1.29, 1.82) is 0 Å². The van der Waals surface area contributed by atoms with E-state index in [1.54, 1.807) is 31.8 Å². The molecule has 0 radical (unpaired) electrons. The molecule has 0 N–H and O–H groups in total. The molecule has 130 valence electrons. The molecular weight excluding hydrogens is 324 g/mol. The molecular formula is C17H24N4O2S. The van der Waals surface area contributed by atoms with E-state index in [1.807, 2.05) is 18.2 Å². The molecule has 0 bridgehead atoms. The number of benzene rings is 1. The largest absolute Gasteiger partial charge is 0.371 e. The number of rotatable bonds is 5. The summed E-state index contributed by atoms with van der Waals surface area (Å²) in [4.78, 5) is 6.48. The number of aryl methyl sites for hydroxylation is 2. The summed E-state index contributed by atoms with van der Waals surface area (Å²) in [6.45, 7) is 4.16. The molecule has 0 saturated carbocycles. The van der Waals surface area contributed by atoms with Gasteiger partial charge in [-0.3, -0.25) is 0 Å². The second-order valence-electron chi connectivity index (χ2n) is 6.46. The van der Waals surface area contributed by atoms with Crippen molar-refractivity contribution < 1.29 is 8.42 Å². The van der Waals surface area contributed by atoms with Crippen LogP contribution < -0.4 is 4.90 Å². The summed E-state index contributed by atoms with van der Waals surface area (Å²) >= 11 is 0. The highest BCUT2D eigenvalue weighted by molar-refractivity contribution is 7.89. The van der Waals surface area contributed by atoms with Crippen LogP contribution >= 0.6 is 0 Å². The van der Waals surface area contributed by atoms with Gasteiger partial charge in [0, 0.05) is 45.6 Å². The van der Waals surface area contributed by atoms with Crippen LogP contribution in [0.4, 0.5) is 5.69 Å². The zero-order valence-corrected chi connectivity index (χ0v) is 15.2. The van der Waals surface area contributed by atoms with Crippen molar-refractivity contribution in [2.45, 2.75) is 18.4 Å². The van der Waals surface area contributed by atoms with E-state index in [-0.39, 0.29) is 5.03 Å². The minimum Gasteiger partial charge on any atom is -0.371 e. The molecule has 0 aliphatic carbocycles. The van der Waals surface area contributed by atoms with Crippen LogP contribution in [0.1, 0.15) is 12.2 Å². The zero-order chi connectivity index (χ0) is 17.3. The molecule has 2 aromatic rings. The molecule has 1 saturated heterocycles. The average Bonchev–Trinajstić information content (AvgIpc) is 3.16. The summed E-state index contributed by atoms with van der Waals surface area (Å²) in [6, 6.07) is 10.3. The molecule has 1 aliphatic heterocycles. The Morgan fingerprint density at radius 3 is 2.62 bits per heavy atom. The Kier molecular flexibility index (Phi) is 4.64. The van der Waals surface area contributed by atoms with Gasteiger partial charge in [0.1, 0.15) is 5.82 Å². The highest BCUT2D eigenvalue weighted by atomic mass is 32.2. The van der Waals surface area contributed by atoms with Gasteiger partial charge in [0.15, 0.2) is 5.03 Å². The van der Waals surface area contributed by atoms with Crippen molar-refractivity contribution in [1.82, 2.24) is 13.9 Å². The quantitative estimate of drug-likeness (QED) is 0.828. The van der Waals surface area contributed by atoms with Gasteiger partial charge in [-0.2, -0.15) is 4.31 Å². The predicted octanol–water partition coefficient (Wildman–Crippen LogP) is 1.88. The highest BCUT2D eigenvalue weighted by Gasteiger charge is 2.30. The molecule has 1 unspecified atom stereocenters. The number of anilines is 1. The minimum absolute atomic E-state index is 0.128. The van der Waals surface area contributed by atoms with Crippen LogP contribution in [0.3, 0.4) is 0 Å². The third kappa shape index (κ3) is 3.32. The van der Waals surface area contributed by atoms with Gasteiger partial charge in [-0.25, -0.2) is 13.4 Å². The lowest BCUT2D eigenvalue weighted by molar-refractivity contribution is 0.400. The van der Waals surface area contributed by atoms with E-state index in [2.05, 4.69) is 22.0 Å². The fourth-order valence-corrected chi connectivity index (χ4v) is 4.39. The van der Waals surface area contributed by atoms with E-state index >= 15 is 0 Å². The number of nitrogens with zero attached hydrogens (tertiary/aromatic N) is 4. The van der Waals surface area contributed by atoms with E-state index < -0.39 is 10.0 Å². The smallest absolute Gasteiger partial charge is 0.261 e. The second kappa shape index (κ2) is 6.57. The van der Waals surface area contributed by atoms with Crippen molar-refractivity contribution in [2.75, 3.05) is 31.6 Å². The maximum atomic E-state index is 12.7. The first-order chi connectivity index (χ1) is 11.4. The average molecular weight is 348 g/mol. The summed E-state index contributed by atoms with van der Waals surface area (Å²) < 4.78 is 28.5. The first-order valence-electron chi connectivity index (χ1n) is 8.14. The van der Waals surface area contributed by atoms with Gasteiger partial charge in [-0.05, 0) is 31.4 Å². The first-order valence-corrected chi connectivity index (χ1v) is 9.58. The van der Waals surface area contributed by atoms with Crippen LogP contribution in [-0.2, 0) is 17.1 Å². The maximum Gasteiger partial charge on any atom is 0.261 e. The number of aromatic nitrogens is 2. The number of hydrogen-bond acceptors (Lipinski definition) is 4. The van der Waals surface area contributed by atoms with Crippen molar-refractivity contribution in [2.24, 2.45) is 13.0 Å². The minimum atomic E-state index is -3.53. The van der Waals surface area contributed by atoms with Crippen molar-refractivity contribution in [3.8, 4) is 0 Å². The highest BCUT2D eigenvalue weighted by Crippen LogP contribution is 2.25. The molecule has 1 aromatic carbocycles. The summed E-state index contributed by atoms with van der Waals surface area (Å²) in [5.41, 5.74) is 1.20. The molecule has 1 aromatic heterocycles. The summed E-state index contributed by atoms with van der Waals surface area (Å²) in [7, 11) is -0.0823. The Morgan fingerprint density at radius 2 is 2.00 bits per heavy atom. The maximum absolute atomic E-state index is 12.7. The molecule has 1 aliphatic rings. The Hall–Kier alpha value is -1.86. The van der Waals surface area contributed by atoms with Gasteiger partial charge in [0.05, 0.1) is 0 Å². The van der Waals surface area contributed by atoms with Gasteiger partial charge < -0.3 is 9.47 Å². The van der Waals surface area contributed by atoms with Crippen LogP contribution in [-0.4, -0.2) is 49.0 Å². The molecule has 0 spiro atoms. The molecule has 6 nitrogen and oxygen atoms in total. The van der Waals surface area contributed by atoms with Gasteiger partial charge in [0.25, 0.3) is 10.0 Å². The zero-order valence-electron chi connectivity index (χ0n) is 14.4. The third-order valence-corrected chi connectivity index (χ3v) is 6.38. The SMILES string of the molecule is Cc1nc(S(=O)(=O)N(C)CC2CCN(c3ccccc3)C2)cn1C. The van der Waals surface area contributed by atoms with Gasteiger partial charge >= 0.3 is 0 Å². The fourth-order valence-electron chi connectivity index (χ4n) is 3.13. The molecule has 1 atom stereocenters. The topological polar surface area (TPSA) is 58.4 Å². The normalized spacial score (nSPS) is 18.5. The number of sulfonamides is 1. The Balaban J connectivity index is 1.66. The van der Waals surface area contributed by atoms with E-state index in [0.717, 1.165) is 19.5 Å². The Labute approximate surface area is 143 Å². The van der Waals surface area contributed by atoms with Gasteiger partial charge in [-0.15, -0.1) is 0 Å². The number of para-hydroxylation sites is 1. The molecule has 0 amide bonds. The van der Waals surface area contributed by atoms with Gasteiger partial charge in [0.2, 0.25) is 0 Å². The summed E-state index contributed by atoms with van der Waals surface area (Å²) in [5, 5.41) is 0.128. The molecule has 24 heavy (non-hydrogen) atoms. The first kappa shape index (κ1) is 17.0. The Morgan fingerprint density at radius 1 is 1.29 bits per heavy atom. The monoisotopic (exact) mass is 348 g/mol. The lowest BCUT2D eigenvalue weighted by atomic mass is 10.1. The standard InChI is InChI=1S/C17H24N4O2S/c1-14-18-17(13-19(14)2)24(22,23)20(3)11-15-9-10-21(12-15)16-7-5-4-6-8-16/h4-8,13,15H,9-12H2,1-3H3. The number of hydrogen-bond donors (Lipinski definition) is 0. The predicted molar refractivity (Wildman–Crippen MR) is 94.5 cm³/mol. The molecule has 3 rings (SSSR count). The van der Waals surface area contributed by atoms with Crippen LogP contribution in [0.5, 0.6) is 0 Å². The molecule has 2 heterocycles. The van der Waals surface area contributed by atoms with Crippen LogP contribution in [0.15, 0.2) is 41.6 Å². The van der Waals surface area contributed by atoms with E-state index in [9.17, 15) is 8.42 Å². The molecule has 1 fully saturated rings. The fraction of sp³-hybridized carbons (Fsp3) is 0.471. The van der Waals surface area contributed by atoms with Crippen LogP contribution in [0, 0.1) is 12.8 Å². The van der Waals surface area contributed by atoms with Crippen molar-refractivity contribution >= 4 is 15.7 Å². The van der Waals surface area contributed by atoms with Gasteiger partial charge in [-0.1, -0.05) is 18.2 Å². The summed E-state index contributed by atoms with van der Waals surface area (Å²) in [6.07, 6.45) is 2.57. The van der Waals surface area contributed by atoms with Crippen LogP contribution in [0.25, 0.3) is 0 Å². The van der Waals surface area contributed by atoms with E-state index in [4.69, 9.17) is 0 Å². The lowest BCUT2D eigenvalue weighted by Gasteiger charge is -2.21. The van der Waals surface area contributed by atoms with Crippen LogP contribution in [0.2, 0.25) is 0 Å². The van der Waals surface area contributed by atoms with Crippen molar-refractivity contribution in [3.63, 3.8) is 0 Å².